The van der Waals surface area contributed by atoms with Crippen molar-refractivity contribution in [1.29, 1.82) is 0 Å². The first kappa shape index (κ1) is 28.0. The zero-order chi connectivity index (χ0) is 28.5. The van der Waals surface area contributed by atoms with Crippen molar-refractivity contribution in [2.75, 3.05) is 13.3 Å². The number of methoxy groups -OCH3 is 1. The van der Waals surface area contributed by atoms with Gasteiger partial charge < -0.3 is 0 Å². The molecule has 206 valence electrons. The van der Waals surface area contributed by atoms with Crippen molar-refractivity contribution in [2.24, 2.45) is 0 Å². The number of amides is 1. The van der Waals surface area contributed by atoms with Crippen LogP contribution in [0.1, 0.15) is 22.3 Å². The van der Waals surface area contributed by atoms with Crippen LogP contribution in [-0.2, 0) is 15.1 Å². The number of esters is 1. The van der Waals surface area contributed by atoms with Crippen LogP contribution in [0, 0.1) is 0 Å². The number of hydrogen-bond donors (Lipinski definition) is 1. The van der Waals surface area contributed by atoms with Crippen LogP contribution in [0.4, 0.5) is 0 Å². The molecular weight excluding hydrogens is 525 g/mol. The number of hydrogen-bond acceptors (Lipinski definition) is 3. The molecule has 1 unspecified atom stereocenters. The summed E-state index contributed by atoms with van der Waals surface area (Å²) in [5.41, 5.74) is -0.234. The van der Waals surface area contributed by atoms with E-state index < -0.39 is 18.8 Å². The van der Waals surface area contributed by atoms with Crippen molar-refractivity contribution in [3.63, 3.8) is 0 Å². The summed E-state index contributed by atoms with van der Waals surface area (Å²) in [7, 11) is -1.33. The minimum absolute atomic E-state index is 0.328. The van der Waals surface area contributed by atoms with E-state index in [1.54, 1.807) is 12.1 Å². The molecule has 0 aliphatic carbocycles. The number of carbonyl (C=O) groups excluding carboxylic acids is 2. The first-order valence-corrected chi connectivity index (χ1v) is 16.0. The van der Waals surface area contributed by atoms with Gasteiger partial charge in [0.05, 0.1) is 0 Å². The molecule has 0 saturated heterocycles. The van der Waals surface area contributed by atoms with Gasteiger partial charge in [0, 0.05) is 0 Å². The summed E-state index contributed by atoms with van der Waals surface area (Å²) in [4.78, 5) is 27.6. The normalized spacial score (nSPS) is 13.0. The molecule has 0 aliphatic heterocycles. The third-order valence-corrected chi connectivity index (χ3v) is 12.8. The Hall–Kier alpha value is -4.53. The molecule has 0 aromatic heterocycles. The Morgan fingerprint density at radius 3 is 1.41 bits per heavy atom. The monoisotopic (exact) mass is 559 g/mol. The summed E-state index contributed by atoms with van der Waals surface area (Å²) < 4.78 is 5.45. The fourth-order valence-electron chi connectivity index (χ4n) is 5.78. The van der Waals surface area contributed by atoms with Crippen LogP contribution < -0.4 is 21.2 Å². The van der Waals surface area contributed by atoms with Crippen molar-refractivity contribution < 1.29 is 14.3 Å². The van der Waals surface area contributed by atoms with Crippen LogP contribution in [0.2, 0.25) is 0 Å². The summed E-state index contributed by atoms with van der Waals surface area (Å²) in [5.74, 6) is -0.823. The van der Waals surface area contributed by atoms with E-state index in [1.807, 2.05) is 66.7 Å². The van der Waals surface area contributed by atoms with Crippen LogP contribution in [0.5, 0.6) is 0 Å². The zero-order valence-electron chi connectivity index (χ0n) is 23.1. The molecule has 5 aromatic rings. The third kappa shape index (κ3) is 5.70. The van der Waals surface area contributed by atoms with Crippen molar-refractivity contribution in [1.82, 2.24) is 5.32 Å². The predicted molar refractivity (Wildman–Crippen MR) is 170 cm³/mol. The van der Waals surface area contributed by atoms with Crippen LogP contribution in [-0.4, -0.2) is 25.1 Å². The zero-order valence-corrected chi connectivity index (χ0v) is 24.1. The Kier molecular flexibility index (Phi) is 8.72. The van der Waals surface area contributed by atoms with Gasteiger partial charge in [-0.15, -0.1) is 0 Å². The number of benzene rings is 5. The van der Waals surface area contributed by atoms with Gasteiger partial charge in [-0.25, -0.2) is 0 Å². The van der Waals surface area contributed by atoms with Crippen LogP contribution in [0.15, 0.2) is 152 Å². The van der Waals surface area contributed by atoms with Crippen molar-refractivity contribution >= 4 is 35.1 Å². The number of ether oxygens (including phenoxy) is 1. The Balaban J connectivity index is 1.70. The van der Waals surface area contributed by atoms with Crippen LogP contribution in [0.25, 0.3) is 0 Å². The van der Waals surface area contributed by atoms with Gasteiger partial charge in [-0.2, -0.15) is 0 Å². The van der Waals surface area contributed by atoms with Gasteiger partial charge in [0.25, 0.3) is 0 Å². The van der Waals surface area contributed by atoms with E-state index in [4.69, 9.17) is 4.74 Å². The van der Waals surface area contributed by atoms with E-state index in [0.717, 1.165) is 0 Å². The molecule has 1 N–H and O–H groups in total. The average Bonchev–Trinajstić information content (AvgIpc) is 3.06. The molecular formula is C36H34NO3P. The second-order valence-corrected chi connectivity index (χ2v) is 14.1. The van der Waals surface area contributed by atoms with E-state index in [-0.39, 0.29) is 5.91 Å². The van der Waals surface area contributed by atoms with Crippen molar-refractivity contribution in [2.45, 2.75) is 12.0 Å². The molecule has 5 rings (SSSR count). The van der Waals surface area contributed by atoms with Crippen molar-refractivity contribution in [3.8, 4) is 0 Å². The summed E-state index contributed by atoms with van der Waals surface area (Å²) in [6, 6.07) is 50.1. The Morgan fingerprint density at radius 2 is 1.00 bits per heavy atom. The third-order valence-electron chi connectivity index (χ3n) is 7.84. The second kappa shape index (κ2) is 12.8. The fraction of sp³-hybridized carbons (Fsp3) is 0.111. The maximum absolute atomic E-state index is 13.9. The Morgan fingerprint density at radius 1 is 0.610 bits per heavy atom. The Bertz CT molecular complexity index is 1470. The van der Waals surface area contributed by atoms with Crippen LogP contribution >= 0.6 is 7.26 Å². The van der Waals surface area contributed by atoms with Gasteiger partial charge in [0.1, 0.15) is 0 Å². The summed E-state index contributed by atoms with van der Waals surface area (Å²) >= 11 is 0. The summed E-state index contributed by atoms with van der Waals surface area (Å²) in [5, 5.41) is 6.85. The number of nitrogens with one attached hydrogen (secondary N) is 1. The topological polar surface area (TPSA) is 55.4 Å². The SMILES string of the molecule is COC(=O)C(CC[PH](c1ccccc1)(c1ccccc1)c1ccccc1)(NC(=O)c1ccccc1)c1ccccc1. The minimum atomic E-state index is -2.71. The Labute approximate surface area is 242 Å². The average molecular weight is 560 g/mol. The first-order valence-electron chi connectivity index (χ1n) is 13.8. The van der Waals surface area contributed by atoms with E-state index in [9.17, 15) is 9.59 Å². The van der Waals surface area contributed by atoms with Gasteiger partial charge in [0.15, 0.2) is 0 Å². The standard InChI is InChI=1S/C36H34NO3P/c1-40-35(39)36(30-19-9-3-10-20-30,37-34(38)29-17-7-2-8-18-29)27-28-41(31-21-11-4-12-22-31,32-23-13-5-14-24-32)33-25-15-6-16-26-33/h2-26,41H,27-28H2,1H3,(H,37,38). The fourth-order valence-corrected chi connectivity index (χ4v) is 10.7. The second-order valence-electron chi connectivity index (χ2n) is 10.1. The van der Waals surface area contributed by atoms with E-state index >= 15 is 0 Å². The molecule has 0 spiro atoms. The molecule has 5 aromatic carbocycles. The molecule has 41 heavy (non-hydrogen) atoms. The van der Waals surface area contributed by atoms with E-state index in [0.29, 0.717) is 23.7 Å². The summed E-state index contributed by atoms with van der Waals surface area (Å²) in [6.07, 6.45) is 0.983. The number of rotatable bonds is 10. The molecule has 1 atom stereocenters. The van der Waals surface area contributed by atoms with Gasteiger partial charge in [-0.05, 0) is 0 Å². The maximum atomic E-state index is 13.9. The van der Waals surface area contributed by atoms with Gasteiger partial charge in [-0.3, -0.25) is 0 Å². The molecule has 4 nitrogen and oxygen atoms in total. The molecule has 1 amide bonds. The molecule has 0 heterocycles. The van der Waals surface area contributed by atoms with Crippen LogP contribution in [0.3, 0.4) is 0 Å². The molecule has 0 saturated carbocycles. The molecule has 0 aliphatic rings. The van der Waals surface area contributed by atoms with E-state index in [2.05, 4.69) is 78.1 Å². The predicted octanol–water partition coefficient (Wildman–Crippen LogP) is 5.60. The van der Waals surface area contributed by atoms with Crippen molar-refractivity contribution in [3.05, 3.63) is 163 Å². The summed E-state index contributed by atoms with van der Waals surface area (Å²) in [6.45, 7) is 0. The molecule has 5 heteroatoms. The van der Waals surface area contributed by atoms with Gasteiger partial charge >= 0.3 is 243 Å². The number of carbonyl (C=O) groups is 2. The quantitative estimate of drug-likeness (QED) is 0.179. The molecule has 0 bridgehead atoms. The molecule has 0 radical (unpaired) electrons. The molecule has 0 fully saturated rings. The van der Waals surface area contributed by atoms with E-state index in [1.165, 1.54) is 23.0 Å². The van der Waals surface area contributed by atoms with Gasteiger partial charge in [0.2, 0.25) is 0 Å². The first-order chi connectivity index (χ1) is 20.1. The van der Waals surface area contributed by atoms with Gasteiger partial charge in [-0.1, -0.05) is 0 Å².